The number of pyridine rings is 1. The number of piperidine rings is 1. The molecule has 18 heavy (non-hydrogen) atoms. The van der Waals surface area contributed by atoms with Crippen molar-refractivity contribution in [3.8, 4) is 0 Å². The van der Waals surface area contributed by atoms with Crippen molar-refractivity contribution in [2.24, 2.45) is 5.92 Å². The summed E-state index contributed by atoms with van der Waals surface area (Å²) in [5, 5.41) is 0. The smallest absolute Gasteiger partial charge is 0.170 e. The van der Waals surface area contributed by atoms with E-state index in [1.54, 1.807) is 19.4 Å². The third-order valence-electron chi connectivity index (χ3n) is 3.32. The minimum absolute atomic E-state index is 0.177. The number of hydrogen-bond donors (Lipinski definition) is 0. The van der Waals surface area contributed by atoms with E-state index < -0.39 is 0 Å². The molecule has 0 aliphatic carbocycles. The summed E-state index contributed by atoms with van der Waals surface area (Å²) in [4.78, 5) is 6.16. The van der Waals surface area contributed by atoms with Crippen LogP contribution in [0.5, 0.6) is 0 Å². The fraction of sp³-hybridized carbons (Fsp3) is 0.615. The Hall–Kier alpha value is -0.870. The van der Waals surface area contributed by atoms with Crippen molar-refractivity contribution in [2.45, 2.75) is 18.7 Å². The van der Waals surface area contributed by atoms with Crippen LogP contribution in [0.15, 0.2) is 12.3 Å². The van der Waals surface area contributed by atoms with E-state index in [0.29, 0.717) is 23.9 Å². The Kier molecular flexibility index (Phi) is 4.78. The maximum absolute atomic E-state index is 14.2. The molecule has 1 atom stereocenters. The third-order valence-corrected chi connectivity index (χ3v) is 3.60. The summed E-state index contributed by atoms with van der Waals surface area (Å²) in [6.07, 6.45) is 3.79. The molecule has 5 heteroatoms. The van der Waals surface area contributed by atoms with Crippen LogP contribution >= 0.6 is 11.6 Å². The van der Waals surface area contributed by atoms with E-state index in [0.717, 1.165) is 25.9 Å². The summed E-state index contributed by atoms with van der Waals surface area (Å²) in [6.45, 7) is 2.35. The van der Waals surface area contributed by atoms with Crippen LogP contribution in [0.4, 0.5) is 10.2 Å². The fourth-order valence-electron chi connectivity index (χ4n) is 2.42. The van der Waals surface area contributed by atoms with Crippen molar-refractivity contribution in [3.63, 3.8) is 0 Å². The molecule has 0 amide bonds. The van der Waals surface area contributed by atoms with Gasteiger partial charge in [-0.3, -0.25) is 0 Å². The lowest BCUT2D eigenvalue weighted by molar-refractivity contribution is 0.143. The van der Waals surface area contributed by atoms with Crippen LogP contribution in [0.1, 0.15) is 18.4 Å². The topological polar surface area (TPSA) is 25.4 Å². The number of hydrogen-bond acceptors (Lipinski definition) is 3. The molecule has 3 nitrogen and oxygen atoms in total. The van der Waals surface area contributed by atoms with Crippen LogP contribution in [-0.4, -0.2) is 31.8 Å². The molecular formula is C13H18ClFN2O. The SMILES string of the molecule is COCC1CCCN(c2nccc(CCl)c2F)C1. The Morgan fingerprint density at radius 3 is 3.17 bits per heavy atom. The number of methoxy groups -OCH3 is 1. The van der Waals surface area contributed by atoms with E-state index in [1.807, 2.05) is 4.90 Å². The molecule has 0 bridgehead atoms. The molecule has 0 spiro atoms. The predicted molar refractivity (Wildman–Crippen MR) is 70.6 cm³/mol. The minimum atomic E-state index is -0.287. The lowest BCUT2D eigenvalue weighted by Crippen LogP contribution is -2.38. The first-order valence-electron chi connectivity index (χ1n) is 6.19. The molecule has 2 rings (SSSR count). The molecule has 0 aromatic carbocycles. The molecule has 0 saturated carbocycles. The van der Waals surface area contributed by atoms with Gasteiger partial charge < -0.3 is 9.64 Å². The number of nitrogens with zero attached hydrogens (tertiary/aromatic N) is 2. The standard InChI is InChI=1S/C13H18ClFN2O/c1-18-9-10-3-2-6-17(8-10)13-12(15)11(7-14)4-5-16-13/h4-5,10H,2-3,6-9H2,1H3. The van der Waals surface area contributed by atoms with Gasteiger partial charge in [0.15, 0.2) is 11.6 Å². The Balaban J connectivity index is 2.15. The monoisotopic (exact) mass is 272 g/mol. The number of anilines is 1. The Morgan fingerprint density at radius 2 is 2.44 bits per heavy atom. The van der Waals surface area contributed by atoms with Gasteiger partial charge in [-0.25, -0.2) is 9.37 Å². The van der Waals surface area contributed by atoms with Crippen LogP contribution in [0.3, 0.4) is 0 Å². The van der Waals surface area contributed by atoms with E-state index in [-0.39, 0.29) is 11.7 Å². The van der Waals surface area contributed by atoms with E-state index in [2.05, 4.69) is 4.98 Å². The summed E-state index contributed by atoms with van der Waals surface area (Å²) in [5.74, 6) is 0.764. The molecule has 1 aromatic heterocycles. The largest absolute Gasteiger partial charge is 0.384 e. The molecule has 1 saturated heterocycles. The van der Waals surface area contributed by atoms with Crippen LogP contribution < -0.4 is 4.90 Å². The van der Waals surface area contributed by atoms with E-state index in [4.69, 9.17) is 16.3 Å². The zero-order valence-corrected chi connectivity index (χ0v) is 11.3. The average Bonchev–Trinajstić information content (AvgIpc) is 2.40. The lowest BCUT2D eigenvalue weighted by Gasteiger charge is -2.33. The minimum Gasteiger partial charge on any atom is -0.384 e. The highest BCUT2D eigenvalue weighted by Crippen LogP contribution is 2.26. The highest BCUT2D eigenvalue weighted by Gasteiger charge is 2.23. The third kappa shape index (κ3) is 2.93. The Bertz CT molecular complexity index is 401. The lowest BCUT2D eigenvalue weighted by atomic mass is 9.99. The molecule has 2 heterocycles. The molecule has 100 valence electrons. The molecule has 1 fully saturated rings. The predicted octanol–water partition coefficient (Wildman–Crippen LogP) is 2.82. The number of halogens is 2. The maximum atomic E-state index is 14.2. The average molecular weight is 273 g/mol. The Morgan fingerprint density at radius 1 is 1.61 bits per heavy atom. The van der Waals surface area contributed by atoms with Gasteiger partial charge in [-0.1, -0.05) is 0 Å². The highest BCUT2D eigenvalue weighted by atomic mass is 35.5. The van der Waals surface area contributed by atoms with Crippen molar-refractivity contribution in [3.05, 3.63) is 23.6 Å². The molecule has 0 N–H and O–H groups in total. The number of aromatic nitrogens is 1. The van der Waals surface area contributed by atoms with Crippen molar-refractivity contribution in [2.75, 3.05) is 31.7 Å². The van der Waals surface area contributed by atoms with E-state index in [9.17, 15) is 4.39 Å². The van der Waals surface area contributed by atoms with Gasteiger partial charge in [0, 0.05) is 32.0 Å². The number of ether oxygens (including phenoxy) is 1. The van der Waals surface area contributed by atoms with Gasteiger partial charge in [0.1, 0.15) is 0 Å². The first-order chi connectivity index (χ1) is 8.76. The van der Waals surface area contributed by atoms with Gasteiger partial charge >= 0.3 is 0 Å². The number of alkyl halides is 1. The fourth-order valence-corrected chi connectivity index (χ4v) is 2.63. The van der Waals surface area contributed by atoms with E-state index in [1.165, 1.54) is 0 Å². The van der Waals surface area contributed by atoms with Crippen LogP contribution in [0.25, 0.3) is 0 Å². The summed E-state index contributed by atoms with van der Waals surface area (Å²) in [7, 11) is 1.70. The van der Waals surface area contributed by atoms with Gasteiger partial charge in [-0.2, -0.15) is 0 Å². The van der Waals surface area contributed by atoms with Crippen molar-refractivity contribution in [1.29, 1.82) is 0 Å². The zero-order valence-electron chi connectivity index (χ0n) is 10.5. The zero-order chi connectivity index (χ0) is 13.0. The molecule has 0 radical (unpaired) electrons. The first-order valence-corrected chi connectivity index (χ1v) is 6.73. The van der Waals surface area contributed by atoms with Crippen LogP contribution in [0.2, 0.25) is 0 Å². The van der Waals surface area contributed by atoms with Crippen LogP contribution in [-0.2, 0) is 10.6 Å². The second kappa shape index (κ2) is 6.34. The number of rotatable bonds is 4. The quantitative estimate of drug-likeness (QED) is 0.788. The van der Waals surface area contributed by atoms with Crippen molar-refractivity contribution >= 4 is 17.4 Å². The first kappa shape index (κ1) is 13.6. The molecular weight excluding hydrogens is 255 g/mol. The maximum Gasteiger partial charge on any atom is 0.170 e. The van der Waals surface area contributed by atoms with Gasteiger partial charge in [-0.05, 0) is 24.8 Å². The van der Waals surface area contributed by atoms with Crippen LogP contribution in [0, 0.1) is 11.7 Å². The van der Waals surface area contributed by atoms with Crippen molar-refractivity contribution in [1.82, 2.24) is 4.98 Å². The van der Waals surface area contributed by atoms with Gasteiger partial charge in [-0.15, -0.1) is 11.6 Å². The summed E-state index contributed by atoms with van der Waals surface area (Å²) >= 11 is 5.72. The summed E-state index contributed by atoms with van der Waals surface area (Å²) in [6, 6.07) is 1.63. The second-order valence-corrected chi connectivity index (χ2v) is 4.92. The summed E-state index contributed by atoms with van der Waals surface area (Å²) < 4.78 is 19.3. The van der Waals surface area contributed by atoms with Gasteiger partial charge in [0.2, 0.25) is 0 Å². The Labute approximate surface area is 112 Å². The second-order valence-electron chi connectivity index (χ2n) is 4.65. The highest BCUT2D eigenvalue weighted by molar-refractivity contribution is 6.17. The summed E-state index contributed by atoms with van der Waals surface area (Å²) in [5.41, 5.74) is 0.510. The van der Waals surface area contributed by atoms with E-state index >= 15 is 0 Å². The molecule has 1 unspecified atom stereocenters. The molecule has 1 aromatic rings. The van der Waals surface area contributed by atoms with Gasteiger partial charge in [0.25, 0.3) is 0 Å². The molecule has 1 aliphatic heterocycles. The normalized spacial score (nSPS) is 20.2. The van der Waals surface area contributed by atoms with Gasteiger partial charge in [0.05, 0.1) is 12.5 Å². The molecule has 1 aliphatic rings. The van der Waals surface area contributed by atoms with Crippen molar-refractivity contribution < 1.29 is 9.13 Å².